The number of anilines is 1. The Labute approximate surface area is 127 Å². The molecule has 1 aromatic rings. The van der Waals surface area contributed by atoms with Crippen molar-refractivity contribution in [2.75, 3.05) is 10.7 Å². The molecule has 0 unspecified atom stereocenters. The number of benzene rings is 1. The van der Waals surface area contributed by atoms with Gasteiger partial charge >= 0.3 is 0 Å². The normalized spacial score (nSPS) is 14.4. The van der Waals surface area contributed by atoms with E-state index in [9.17, 15) is 14.4 Å². The summed E-state index contributed by atoms with van der Waals surface area (Å²) < 4.78 is 0. The first kappa shape index (κ1) is 15.3. The lowest BCUT2D eigenvalue weighted by Gasteiger charge is -2.13. The molecule has 0 saturated heterocycles. The highest BCUT2D eigenvalue weighted by Crippen LogP contribution is 2.20. The summed E-state index contributed by atoms with van der Waals surface area (Å²) in [7, 11) is 0. The Hall–Kier alpha value is -2.14. The molecule has 2 amide bonds. The van der Waals surface area contributed by atoms with Crippen molar-refractivity contribution < 1.29 is 14.4 Å². The summed E-state index contributed by atoms with van der Waals surface area (Å²) in [5, 5.41) is 0.126. The highest BCUT2D eigenvalue weighted by molar-refractivity contribution is 8.13. The molecule has 1 aliphatic heterocycles. The fourth-order valence-electron chi connectivity index (χ4n) is 1.88. The third kappa shape index (κ3) is 4.16. The summed E-state index contributed by atoms with van der Waals surface area (Å²) in [5.74, 6) is 0.140. The van der Waals surface area contributed by atoms with E-state index < -0.39 is 0 Å². The molecule has 1 aliphatic rings. The molecule has 0 N–H and O–H groups in total. The van der Waals surface area contributed by atoms with E-state index in [4.69, 9.17) is 0 Å². The maximum atomic E-state index is 11.5. The van der Waals surface area contributed by atoms with E-state index in [2.05, 4.69) is 0 Å². The molecule has 4 nitrogen and oxygen atoms in total. The maximum Gasteiger partial charge on any atom is 0.258 e. The lowest BCUT2D eigenvalue weighted by molar-refractivity contribution is -0.120. The van der Waals surface area contributed by atoms with Crippen molar-refractivity contribution in [1.29, 1.82) is 0 Å². The number of amides is 2. The summed E-state index contributed by atoms with van der Waals surface area (Å²) >= 11 is 1.31. The average molecular weight is 301 g/mol. The molecule has 0 atom stereocenters. The van der Waals surface area contributed by atoms with Crippen LogP contribution in [0, 0.1) is 0 Å². The number of carbonyl (C=O) groups excluding carboxylic acids is 3. The van der Waals surface area contributed by atoms with Gasteiger partial charge < -0.3 is 0 Å². The molecule has 5 heteroatoms. The summed E-state index contributed by atoms with van der Waals surface area (Å²) in [6.45, 7) is 1.56. The molecular formula is C16H15NO3S. The van der Waals surface area contributed by atoms with Gasteiger partial charge in [-0.15, -0.1) is 0 Å². The van der Waals surface area contributed by atoms with Gasteiger partial charge in [0.15, 0.2) is 5.12 Å². The number of imide groups is 1. The van der Waals surface area contributed by atoms with E-state index in [1.165, 1.54) is 23.9 Å². The molecule has 0 aliphatic carbocycles. The van der Waals surface area contributed by atoms with Gasteiger partial charge in [-0.3, -0.25) is 14.4 Å². The van der Waals surface area contributed by atoms with Crippen molar-refractivity contribution >= 4 is 40.5 Å². The maximum absolute atomic E-state index is 11.5. The SMILES string of the molecule is CC(=O)SCCC=Cc1ccc(N2C(=O)C=CC2=O)cc1. The third-order valence-corrected chi connectivity index (χ3v) is 3.71. The number of rotatable bonds is 5. The fraction of sp³-hybridized carbons (Fsp3) is 0.188. The van der Waals surface area contributed by atoms with Gasteiger partial charge in [-0.25, -0.2) is 4.90 Å². The molecule has 0 fully saturated rings. The lowest BCUT2D eigenvalue weighted by Crippen LogP contribution is -2.29. The van der Waals surface area contributed by atoms with Gasteiger partial charge in [0.2, 0.25) is 0 Å². The van der Waals surface area contributed by atoms with Crippen LogP contribution >= 0.6 is 11.8 Å². The highest BCUT2D eigenvalue weighted by atomic mass is 32.2. The summed E-state index contributed by atoms with van der Waals surface area (Å²) in [5.41, 5.74) is 1.55. The minimum Gasteiger partial charge on any atom is -0.288 e. The number of hydrogen-bond donors (Lipinski definition) is 0. The van der Waals surface area contributed by atoms with E-state index >= 15 is 0 Å². The predicted octanol–water partition coefficient (Wildman–Crippen LogP) is 2.80. The van der Waals surface area contributed by atoms with Crippen LogP contribution in [0.15, 0.2) is 42.5 Å². The molecule has 0 bridgehead atoms. The number of allylic oxidation sites excluding steroid dienone is 1. The van der Waals surface area contributed by atoms with E-state index in [1.807, 2.05) is 24.3 Å². The Morgan fingerprint density at radius 2 is 1.76 bits per heavy atom. The van der Waals surface area contributed by atoms with Crippen LogP contribution in [0.4, 0.5) is 5.69 Å². The van der Waals surface area contributed by atoms with Crippen molar-refractivity contribution in [2.45, 2.75) is 13.3 Å². The fourth-order valence-corrected chi connectivity index (χ4v) is 2.42. The van der Waals surface area contributed by atoms with Crippen molar-refractivity contribution in [2.24, 2.45) is 0 Å². The van der Waals surface area contributed by atoms with Crippen LogP contribution in [0.25, 0.3) is 6.08 Å². The molecular weight excluding hydrogens is 286 g/mol. The quantitative estimate of drug-likeness (QED) is 0.620. The van der Waals surface area contributed by atoms with Crippen LogP contribution in [0.3, 0.4) is 0 Å². The van der Waals surface area contributed by atoms with Gasteiger partial charge in [0.1, 0.15) is 0 Å². The van der Waals surface area contributed by atoms with Gasteiger partial charge in [0.05, 0.1) is 5.69 Å². The van der Waals surface area contributed by atoms with Crippen LogP contribution in [-0.2, 0) is 14.4 Å². The van der Waals surface area contributed by atoms with Gasteiger partial charge in [-0.05, 0) is 24.1 Å². The Balaban J connectivity index is 1.93. The zero-order valence-electron chi connectivity index (χ0n) is 11.6. The summed E-state index contributed by atoms with van der Waals surface area (Å²) in [6.07, 6.45) is 7.31. The average Bonchev–Trinajstić information content (AvgIpc) is 2.78. The number of thioether (sulfide) groups is 1. The third-order valence-electron chi connectivity index (χ3n) is 2.86. The first-order chi connectivity index (χ1) is 10.1. The van der Waals surface area contributed by atoms with Crippen molar-refractivity contribution in [3.8, 4) is 0 Å². The van der Waals surface area contributed by atoms with Crippen molar-refractivity contribution in [3.63, 3.8) is 0 Å². The van der Waals surface area contributed by atoms with E-state index in [0.29, 0.717) is 5.69 Å². The highest BCUT2D eigenvalue weighted by Gasteiger charge is 2.24. The molecule has 108 valence electrons. The molecule has 0 radical (unpaired) electrons. The molecule has 2 rings (SSSR count). The van der Waals surface area contributed by atoms with E-state index in [1.54, 1.807) is 19.1 Å². The lowest BCUT2D eigenvalue weighted by atomic mass is 10.1. The van der Waals surface area contributed by atoms with Crippen LogP contribution in [0.1, 0.15) is 18.9 Å². The van der Waals surface area contributed by atoms with Crippen LogP contribution in [0.2, 0.25) is 0 Å². The van der Waals surface area contributed by atoms with Crippen molar-refractivity contribution in [1.82, 2.24) is 0 Å². The zero-order valence-corrected chi connectivity index (χ0v) is 12.4. The van der Waals surface area contributed by atoms with Gasteiger partial charge in [0, 0.05) is 24.8 Å². The largest absolute Gasteiger partial charge is 0.288 e. The monoisotopic (exact) mass is 301 g/mol. The van der Waals surface area contributed by atoms with E-state index in [-0.39, 0.29) is 16.9 Å². The first-order valence-electron chi connectivity index (χ1n) is 6.54. The van der Waals surface area contributed by atoms with Gasteiger partial charge in [-0.2, -0.15) is 0 Å². The zero-order chi connectivity index (χ0) is 15.2. The van der Waals surface area contributed by atoms with Crippen LogP contribution in [0.5, 0.6) is 0 Å². The van der Waals surface area contributed by atoms with Gasteiger partial charge in [-0.1, -0.05) is 36.0 Å². The molecule has 1 heterocycles. The molecule has 0 saturated carbocycles. The molecule has 0 aromatic heterocycles. The Morgan fingerprint density at radius 1 is 1.14 bits per heavy atom. The topological polar surface area (TPSA) is 54.5 Å². The second kappa shape index (κ2) is 7.04. The van der Waals surface area contributed by atoms with Crippen LogP contribution < -0.4 is 4.90 Å². The molecule has 1 aromatic carbocycles. The first-order valence-corrected chi connectivity index (χ1v) is 7.52. The standard InChI is InChI=1S/C16H15NO3S/c1-12(18)21-11-3-2-4-13-5-7-14(8-6-13)17-15(19)9-10-16(17)20/h2,4-10H,3,11H2,1H3. The Kier molecular flexibility index (Phi) is 5.11. The van der Waals surface area contributed by atoms with Crippen LogP contribution in [-0.4, -0.2) is 22.7 Å². The predicted molar refractivity (Wildman–Crippen MR) is 84.9 cm³/mol. The number of nitrogens with zero attached hydrogens (tertiary/aromatic N) is 1. The molecule has 0 spiro atoms. The number of carbonyl (C=O) groups is 3. The van der Waals surface area contributed by atoms with Crippen molar-refractivity contribution in [3.05, 3.63) is 48.1 Å². The Bertz CT molecular complexity index is 599. The number of hydrogen-bond acceptors (Lipinski definition) is 4. The Morgan fingerprint density at radius 3 is 2.33 bits per heavy atom. The second-order valence-corrected chi connectivity index (χ2v) is 5.74. The smallest absolute Gasteiger partial charge is 0.258 e. The summed E-state index contributed by atoms with van der Waals surface area (Å²) in [6, 6.07) is 7.19. The molecule has 21 heavy (non-hydrogen) atoms. The minimum atomic E-state index is -0.315. The second-order valence-electron chi connectivity index (χ2n) is 4.47. The van der Waals surface area contributed by atoms with E-state index in [0.717, 1.165) is 22.6 Å². The minimum absolute atomic E-state index is 0.126. The van der Waals surface area contributed by atoms with Gasteiger partial charge in [0.25, 0.3) is 11.8 Å². The summed E-state index contributed by atoms with van der Waals surface area (Å²) in [4.78, 5) is 35.0.